The van der Waals surface area contributed by atoms with Crippen LogP contribution in [0.15, 0.2) is 48.5 Å². The number of ether oxygens (including phenoxy) is 1. The van der Waals surface area contributed by atoms with Gasteiger partial charge in [-0.05, 0) is 0 Å². The summed E-state index contributed by atoms with van der Waals surface area (Å²) in [4.78, 5) is 0. The molecule has 0 radical (unpaired) electrons. The van der Waals surface area contributed by atoms with Crippen molar-refractivity contribution in [2.75, 3.05) is 0 Å². The molecule has 0 atom stereocenters. The Kier molecular flexibility index (Phi) is 4.29. The third-order valence-electron chi connectivity index (χ3n) is 4.29. The molecule has 3 heteroatoms. The van der Waals surface area contributed by atoms with E-state index in [9.17, 15) is 5.11 Å². The summed E-state index contributed by atoms with van der Waals surface area (Å²) in [6.45, 7) is 6.08. The maximum absolute atomic E-state index is 10.1. The van der Waals surface area contributed by atoms with E-state index < -0.39 is 5.60 Å². The summed E-state index contributed by atoms with van der Waals surface area (Å²) >= 11 is 0.159. The topological polar surface area (TPSA) is 29.5 Å². The average Bonchev–Trinajstić information content (AvgIpc) is 2.99. The molecule has 0 saturated heterocycles. The molecule has 0 saturated carbocycles. The van der Waals surface area contributed by atoms with E-state index in [4.69, 9.17) is 4.74 Å². The minimum atomic E-state index is -1.02. The molecule has 2 nitrogen and oxygen atoms in total. The number of fused-ring (bicyclic) bond motifs is 3. The molecule has 1 N–H and O–H groups in total. The van der Waals surface area contributed by atoms with Crippen molar-refractivity contribution in [1.29, 1.82) is 0 Å². The number of rotatable bonds is 1. The van der Waals surface area contributed by atoms with Crippen molar-refractivity contribution in [3.05, 3.63) is 65.2 Å². The van der Waals surface area contributed by atoms with E-state index in [0.29, 0.717) is 6.61 Å². The summed E-state index contributed by atoms with van der Waals surface area (Å²) in [5.41, 5.74) is 4.82. The number of benzene rings is 2. The Labute approximate surface area is 160 Å². The monoisotopic (exact) mass is 408 g/mol. The summed E-state index contributed by atoms with van der Waals surface area (Å²) in [6.07, 6.45) is 0. The molecule has 0 bridgehead atoms. The summed E-state index contributed by atoms with van der Waals surface area (Å²) in [7, 11) is 0. The number of hydrogen-bond acceptors (Lipinski definition) is 2. The molecule has 2 heterocycles. The first-order valence-corrected chi connectivity index (χ1v) is 10.3. The van der Waals surface area contributed by atoms with Gasteiger partial charge in [0.05, 0.1) is 0 Å². The van der Waals surface area contributed by atoms with Gasteiger partial charge in [0, 0.05) is 0 Å². The van der Waals surface area contributed by atoms with E-state index in [0.717, 1.165) is 11.3 Å². The molecule has 3 aromatic rings. The van der Waals surface area contributed by atoms with Gasteiger partial charge in [-0.2, -0.15) is 0 Å². The molecular formula is C23H20O2Se. The van der Waals surface area contributed by atoms with E-state index in [1.54, 1.807) is 13.8 Å². The first-order valence-electron chi connectivity index (χ1n) is 8.63. The molecule has 1 aliphatic rings. The van der Waals surface area contributed by atoms with Gasteiger partial charge in [-0.15, -0.1) is 0 Å². The Morgan fingerprint density at radius 3 is 2.58 bits per heavy atom. The number of hydrogen-bond donors (Lipinski definition) is 1. The van der Waals surface area contributed by atoms with Gasteiger partial charge < -0.3 is 0 Å². The van der Waals surface area contributed by atoms with Crippen molar-refractivity contribution in [3.63, 3.8) is 0 Å². The standard InChI is InChI=1S/C23H20O2Se/c1-15-9-10-20-18(13-15)22-19(14-25-20)17(11-12-23(2,3)24)21(26-22)16-7-5-4-6-8-16/h4-10,13,24H,14H2,1-3H3. The Hall–Kier alpha value is -2.24. The van der Waals surface area contributed by atoms with Crippen LogP contribution in [-0.2, 0) is 6.61 Å². The van der Waals surface area contributed by atoms with Gasteiger partial charge in [0.2, 0.25) is 0 Å². The van der Waals surface area contributed by atoms with Crippen LogP contribution in [0, 0.1) is 18.8 Å². The van der Waals surface area contributed by atoms with Crippen molar-refractivity contribution < 1.29 is 9.84 Å². The molecule has 0 fully saturated rings. The van der Waals surface area contributed by atoms with Gasteiger partial charge >= 0.3 is 160 Å². The first kappa shape index (κ1) is 17.2. The Balaban J connectivity index is 1.97. The third kappa shape index (κ3) is 3.24. The molecule has 0 amide bonds. The molecule has 4 rings (SSSR count). The molecule has 1 aliphatic heterocycles. The fourth-order valence-corrected chi connectivity index (χ4v) is 5.76. The van der Waals surface area contributed by atoms with Crippen LogP contribution in [0.2, 0.25) is 0 Å². The number of aryl methyl sites for hydroxylation is 1. The van der Waals surface area contributed by atoms with Crippen molar-refractivity contribution >= 4 is 14.5 Å². The van der Waals surface area contributed by atoms with Crippen LogP contribution in [0.3, 0.4) is 0 Å². The van der Waals surface area contributed by atoms with Gasteiger partial charge in [0.25, 0.3) is 0 Å². The molecule has 130 valence electrons. The van der Waals surface area contributed by atoms with Gasteiger partial charge in [-0.3, -0.25) is 0 Å². The normalized spacial score (nSPS) is 12.5. The van der Waals surface area contributed by atoms with Crippen LogP contribution in [0.1, 0.15) is 30.5 Å². The zero-order chi connectivity index (χ0) is 18.3. The van der Waals surface area contributed by atoms with Crippen molar-refractivity contribution in [2.24, 2.45) is 0 Å². The summed E-state index contributed by atoms with van der Waals surface area (Å²) in [5, 5.41) is 10.1. The van der Waals surface area contributed by atoms with Crippen molar-refractivity contribution in [3.8, 4) is 37.6 Å². The van der Waals surface area contributed by atoms with Gasteiger partial charge in [-0.1, -0.05) is 0 Å². The molecule has 1 aromatic heterocycles. The van der Waals surface area contributed by atoms with Gasteiger partial charge in [-0.25, -0.2) is 0 Å². The SMILES string of the molecule is Cc1ccc2c(c1)-c1[se]c(-c3ccccc3)c(C#CC(C)(C)O)c1CO2. The van der Waals surface area contributed by atoms with Crippen LogP contribution in [0.4, 0.5) is 0 Å². The second-order valence-electron chi connectivity index (χ2n) is 7.08. The molecular weight excluding hydrogens is 387 g/mol. The molecule has 0 unspecified atom stereocenters. The van der Waals surface area contributed by atoms with Crippen molar-refractivity contribution in [2.45, 2.75) is 33.0 Å². The predicted octanol–water partition coefficient (Wildman–Crippen LogP) is 4.40. The van der Waals surface area contributed by atoms with E-state index >= 15 is 0 Å². The number of aliphatic hydroxyl groups is 1. The Bertz CT molecular complexity index is 1030. The minimum absolute atomic E-state index is 0.159. The van der Waals surface area contributed by atoms with Crippen molar-refractivity contribution in [1.82, 2.24) is 0 Å². The average molecular weight is 407 g/mol. The second-order valence-corrected chi connectivity index (χ2v) is 9.22. The molecule has 2 aromatic carbocycles. The summed E-state index contributed by atoms with van der Waals surface area (Å²) in [6, 6.07) is 16.8. The van der Waals surface area contributed by atoms with E-state index in [1.807, 2.05) is 6.07 Å². The van der Waals surface area contributed by atoms with Crippen LogP contribution in [-0.4, -0.2) is 25.2 Å². The van der Waals surface area contributed by atoms with E-state index in [-0.39, 0.29) is 14.5 Å². The molecule has 26 heavy (non-hydrogen) atoms. The van der Waals surface area contributed by atoms with Crippen LogP contribution in [0.25, 0.3) is 20.0 Å². The van der Waals surface area contributed by atoms with Gasteiger partial charge in [0.15, 0.2) is 0 Å². The van der Waals surface area contributed by atoms with E-state index in [2.05, 4.69) is 61.2 Å². The molecule has 0 aliphatic carbocycles. The zero-order valence-corrected chi connectivity index (χ0v) is 16.8. The fraction of sp³-hybridized carbons (Fsp3) is 0.217. The van der Waals surface area contributed by atoms with Gasteiger partial charge in [0.1, 0.15) is 0 Å². The summed E-state index contributed by atoms with van der Waals surface area (Å²) in [5.74, 6) is 7.23. The van der Waals surface area contributed by atoms with Crippen LogP contribution in [0.5, 0.6) is 5.75 Å². The zero-order valence-electron chi connectivity index (χ0n) is 15.1. The summed E-state index contributed by atoms with van der Waals surface area (Å²) < 4.78 is 8.66. The Morgan fingerprint density at radius 2 is 1.85 bits per heavy atom. The Morgan fingerprint density at radius 1 is 1.08 bits per heavy atom. The first-order chi connectivity index (χ1) is 12.4. The quantitative estimate of drug-likeness (QED) is 0.479. The second kappa shape index (κ2) is 6.49. The molecule has 0 spiro atoms. The fourth-order valence-electron chi connectivity index (χ4n) is 3.06. The predicted molar refractivity (Wildman–Crippen MR) is 106 cm³/mol. The third-order valence-corrected chi connectivity index (χ3v) is 7.05. The van der Waals surface area contributed by atoms with Crippen LogP contribution >= 0.6 is 0 Å². The maximum atomic E-state index is 10.1. The van der Waals surface area contributed by atoms with E-state index in [1.165, 1.54) is 31.1 Å². The van der Waals surface area contributed by atoms with Crippen LogP contribution < -0.4 is 4.74 Å².